The first-order valence-corrected chi connectivity index (χ1v) is 4.72. The second kappa shape index (κ2) is 3.38. The highest BCUT2D eigenvalue weighted by molar-refractivity contribution is 5.97. The molecule has 15 heavy (non-hydrogen) atoms. The summed E-state index contributed by atoms with van der Waals surface area (Å²) in [6.07, 6.45) is 1.03. The average Bonchev–Trinajstić information content (AvgIpc) is 2.44. The van der Waals surface area contributed by atoms with Gasteiger partial charge < -0.3 is 10.6 Å². The summed E-state index contributed by atoms with van der Waals surface area (Å²) in [5.74, 6) is -0.711. The maximum Gasteiger partial charge on any atom is 0.272 e. The van der Waals surface area contributed by atoms with Gasteiger partial charge in [-0.1, -0.05) is 0 Å². The summed E-state index contributed by atoms with van der Waals surface area (Å²) in [4.78, 5) is 24.4. The molecule has 0 aliphatic carbocycles. The van der Waals surface area contributed by atoms with Crippen molar-refractivity contribution in [1.29, 1.82) is 0 Å². The van der Waals surface area contributed by atoms with E-state index < -0.39 is 5.91 Å². The van der Waals surface area contributed by atoms with Gasteiger partial charge in [0.2, 0.25) is 0 Å². The number of aryl methyl sites for hydroxylation is 1. The van der Waals surface area contributed by atoms with E-state index in [0.717, 1.165) is 19.5 Å². The van der Waals surface area contributed by atoms with Gasteiger partial charge in [-0.25, -0.2) is 0 Å². The van der Waals surface area contributed by atoms with Gasteiger partial charge in [-0.15, -0.1) is 0 Å². The minimum atomic E-state index is -0.617. The largest absolute Gasteiger partial charge is 0.364 e. The lowest BCUT2D eigenvalue weighted by Crippen LogP contribution is -2.42. The SMILES string of the molecule is Cn1nc(C(N)=O)cc1C(=O)N1CCC1. The van der Waals surface area contributed by atoms with Crippen molar-refractivity contribution in [1.82, 2.24) is 14.7 Å². The Kier molecular flexibility index (Phi) is 2.18. The molecule has 2 heterocycles. The van der Waals surface area contributed by atoms with Crippen LogP contribution in [0.3, 0.4) is 0 Å². The number of carbonyl (C=O) groups is 2. The Balaban J connectivity index is 2.27. The van der Waals surface area contributed by atoms with E-state index >= 15 is 0 Å². The van der Waals surface area contributed by atoms with Crippen LogP contribution in [0.15, 0.2) is 6.07 Å². The molecule has 80 valence electrons. The average molecular weight is 208 g/mol. The molecule has 1 saturated heterocycles. The van der Waals surface area contributed by atoms with E-state index in [1.807, 2.05) is 0 Å². The summed E-state index contributed by atoms with van der Waals surface area (Å²) < 4.78 is 1.39. The predicted molar refractivity (Wildman–Crippen MR) is 52.2 cm³/mol. The van der Waals surface area contributed by atoms with Crippen LogP contribution in [0, 0.1) is 0 Å². The Morgan fingerprint density at radius 3 is 2.53 bits per heavy atom. The van der Waals surface area contributed by atoms with Crippen LogP contribution in [0.2, 0.25) is 0 Å². The zero-order valence-corrected chi connectivity index (χ0v) is 8.43. The monoisotopic (exact) mass is 208 g/mol. The van der Waals surface area contributed by atoms with Crippen molar-refractivity contribution in [3.63, 3.8) is 0 Å². The molecule has 2 amide bonds. The molecule has 0 radical (unpaired) electrons. The van der Waals surface area contributed by atoms with Crippen LogP contribution in [0.4, 0.5) is 0 Å². The van der Waals surface area contributed by atoms with Crippen LogP contribution in [0.25, 0.3) is 0 Å². The van der Waals surface area contributed by atoms with E-state index in [0.29, 0.717) is 5.69 Å². The number of likely N-dealkylation sites (tertiary alicyclic amines) is 1. The molecule has 0 atom stereocenters. The summed E-state index contributed by atoms with van der Waals surface area (Å²) in [6, 6.07) is 1.43. The van der Waals surface area contributed by atoms with Crippen LogP contribution in [-0.4, -0.2) is 39.6 Å². The highest BCUT2D eigenvalue weighted by Crippen LogP contribution is 2.12. The van der Waals surface area contributed by atoms with Crippen molar-refractivity contribution in [3.8, 4) is 0 Å². The minimum Gasteiger partial charge on any atom is -0.364 e. The molecule has 1 fully saturated rings. The van der Waals surface area contributed by atoms with Crippen molar-refractivity contribution in [3.05, 3.63) is 17.5 Å². The van der Waals surface area contributed by atoms with Crippen molar-refractivity contribution < 1.29 is 9.59 Å². The number of nitrogens with zero attached hydrogens (tertiary/aromatic N) is 3. The van der Waals surface area contributed by atoms with E-state index in [1.165, 1.54) is 10.7 Å². The van der Waals surface area contributed by atoms with Crippen LogP contribution in [-0.2, 0) is 7.05 Å². The second-order valence-corrected chi connectivity index (χ2v) is 3.55. The van der Waals surface area contributed by atoms with E-state index in [1.54, 1.807) is 11.9 Å². The molecule has 2 N–H and O–H groups in total. The summed E-state index contributed by atoms with van der Waals surface area (Å²) in [5.41, 5.74) is 5.61. The van der Waals surface area contributed by atoms with Gasteiger partial charge in [0.05, 0.1) is 0 Å². The lowest BCUT2D eigenvalue weighted by molar-refractivity contribution is 0.0640. The van der Waals surface area contributed by atoms with Gasteiger partial charge >= 0.3 is 0 Å². The lowest BCUT2D eigenvalue weighted by atomic mass is 10.2. The van der Waals surface area contributed by atoms with E-state index in [9.17, 15) is 9.59 Å². The zero-order chi connectivity index (χ0) is 11.0. The third kappa shape index (κ3) is 1.58. The van der Waals surface area contributed by atoms with Gasteiger partial charge in [-0.2, -0.15) is 5.10 Å². The highest BCUT2D eigenvalue weighted by Gasteiger charge is 2.25. The Labute approximate surface area is 86.6 Å². The maximum absolute atomic E-state index is 11.8. The third-order valence-electron chi connectivity index (χ3n) is 2.49. The van der Waals surface area contributed by atoms with Gasteiger partial charge in [0.25, 0.3) is 11.8 Å². The van der Waals surface area contributed by atoms with Crippen LogP contribution < -0.4 is 5.73 Å². The lowest BCUT2D eigenvalue weighted by Gasteiger charge is -2.30. The minimum absolute atomic E-state index is 0.0937. The first-order valence-electron chi connectivity index (χ1n) is 4.72. The number of nitrogens with two attached hydrogens (primary N) is 1. The summed E-state index contributed by atoms with van der Waals surface area (Å²) >= 11 is 0. The van der Waals surface area contributed by atoms with Crippen LogP contribution in [0.1, 0.15) is 27.4 Å². The summed E-state index contributed by atoms with van der Waals surface area (Å²) in [6.45, 7) is 1.55. The zero-order valence-electron chi connectivity index (χ0n) is 8.43. The van der Waals surface area contributed by atoms with Gasteiger partial charge in [0, 0.05) is 26.2 Å². The molecule has 0 unspecified atom stereocenters. The number of carbonyl (C=O) groups excluding carboxylic acids is 2. The molecule has 6 heteroatoms. The van der Waals surface area contributed by atoms with Crippen LogP contribution >= 0.6 is 0 Å². The molecule has 2 rings (SSSR count). The molecule has 0 saturated carbocycles. The molecule has 1 aromatic rings. The van der Waals surface area contributed by atoms with Gasteiger partial charge in [0.1, 0.15) is 5.69 Å². The number of aromatic nitrogens is 2. The van der Waals surface area contributed by atoms with Gasteiger partial charge in [0.15, 0.2) is 5.69 Å². The van der Waals surface area contributed by atoms with Crippen molar-refractivity contribution in [2.75, 3.05) is 13.1 Å². The van der Waals surface area contributed by atoms with E-state index in [-0.39, 0.29) is 11.6 Å². The number of rotatable bonds is 2. The van der Waals surface area contributed by atoms with Crippen molar-refractivity contribution in [2.45, 2.75) is 6.42 Å². The first-order chi connectivity index (χ1) is 7.09. The smallest absolute Gasteiger partial charge is 0.272 e. The number of primary amides is 1. The molecule has 1 aliphatic heterocycles. The fraction of sp³-hybridized carbons (Fsp3) is 0.444. The fourth-order valence-electron chi connectivity index (χ4n) is 1.47. The summed E-state index contributed by atoms with van der Waals surface area (Å²) in [5, 5.41) is 3.87. The van der Waals surface area contributed by atoms with Crippen molar-refractivity contribution >= 4 is 11.8 Å². The molecule has 0 aromatic carbocycles. The highest BCUT2D eigenvalue weighted by atomic mass is 16.2. The third-order valence-corrected chi connectivity index (χ3v) is 2.49. The summed E-state index contributed by atoms with van der Waals surface area (Å²) in [7, 11) is 1.62. The van der Waals surface area contributed by atoms with Gasteiger partial charge in [-0.05, 0) is 6.42 Å². The van der Waals surface area contributed by atoms with E-state index in [4.69, 9.17) is 5.73 Å². The topological polar surface area (TPSA) is 81.2 Å². The molecule has 1 aliphatic rings. The number of amides is 2. The molecular formula is C9H12N4O2. The number of hydrogen-bond acceptors (Lipinski definition) is 3. The Morgan fingerprint density at radius 2 is 2.13 bits per heavy atom. The standard InChI is InChI=1S/C9H12N4O2/c1-12-7(5-6(11-12)8(10)14)9(15)13-3-2-4-13/h5H,2-4H2,1H3,(H2,10,14). The Bertz CT molecular complexity index is 420. The number of hydrogen-bond donors (Lipinski definition) is 1. The molecular weight excluding hydrogens is 196 g/mol. The van der Waals surface area contributed by atoms with E-state index in [2.05, 4.69) is 5.10 Å². The normalized spacial score (nSPS) is 14.9. The first kappa shape index (κ1) is 9.70. The quantitative estimate of drug-likeness (QED) is 0.702. The van der Waals surface area contributed by atoms with Gasteiger partial charge in [-0.3, -0.25) is 14.3 Å². The Hall–Kier alpha value is -1.85. The van der Waals surface area contributed by atoms with Crippen LogP contribution in [0.5, 0.6) is 0 Å². The van der Waals surface area contributed by atoms with Crippen molar-refractivity contribution in [2.24, 2.45) is 12.8 Å². The fourth-order valence-corrected chi connectivity index (χ4v) is 1.47. The molecule has 6 nitrogen and oxygen atoms in total. The second-order valence-electron chi connectivity index (χ2n) is 3.55. The molecule has 0 bridgehead atoms. The maximum atomic E-state index is 11.8. The molecule has 0 spiro atoms. The Morgan fingerprint density at radius 1 is 1.47 bits per heavy atom. The predicted octanol–water partition coefficient (Wildman–Crippen LogP) is -0.635. The molecule has 1 aromatic heterocycles.